The molecule has 0 aliphatic heterocycles. The third-order valence-corrected chi connectivity index (χ3v) is 8.66. The standard InChI is InChI=1S/C48H98O25.2C2H4O2/c49-1-3-51-5-7-53-9-11-55-13-15-57-17-19-59-21-23-61-25-27-63-29-31-65-33-35-67-37-39-69-41-43-71-45-47-73-48-46-72-44-42-70-40-38-68-36-34-66-32-30-64-28-26-62-24-22-60-20-18-58-16-14-56-12-10-54-8-6-52-4-2-50;2*1-2(3)4/h49-50H,1-48H2;2*1H3,(H,3,4). The first-order valence-electron chi connectivity index (χ1n) is 27.8. The van der Waals surface area contributed by atoms with Gasteiger partial charge >= 0.3 is 0 Å². The summed E-state index contributed by atoms with van der Waals surface area (Å²) in [6.45, 7) is 24.3. The number of hydrogen-bond acceptors (Lipinski definition) is 27. The highest BCUT2D eigenvalue weighted by molar-refractivity contribution is 5.63. The Bertz CT molecular complexity index is 1040. The second kappa shape index (κ2) is 82.2. The molecule has 81 heavy (non-hydrogen) atoms. The number of rotatable bonds is 70. The van der Waals surface area contributed by atoms with Crippen LogP contribution in [0.15, 0.2) is 0 Å². The van der Waals surface area contributed by atoms with Gasteiger partial charge in [-0.25, -0.2) is 0 Å². The lowest BCUT2D eigenvalue weighted by Gasteiger charge is -2.09. The average Bonchev–Trinajstić information content (AvgIpc) is 3.44. The molecule has 0 fully saturated rings. The highest BCUT2D eigenvalue weighted by atomic mass is 16.6. The summed E-state index contributed by atoms with van der Waals surface area (Å²) in [6.07, 6.45) is 0. The van der Waals surface area contributed by atoms with Crippen LogP contribution < -0.4 is 0 Å². The Morgan fingerprint density at radius 3 is 0.272 bits per heavy atom. The van der Waals surface area contributed by atoms with Gasteiger partial charge in [-0.3, -0.25) is 9.59 Å². The molecular formula is C52H106O29. The Hall–Kier alpha value is -2.06. The Balaban J connectivity index is -0.00000708. The molecule has 0 aliphatic carbocycles. The van der Waals surface area contributed by atoms with Gasteiger partial charge in [0, 0.05) is 13.8 Å². The van der Waals surface area contributed by atoms with E-state index in [1.807, 2.05) is 0 Å². The van der Waals surface area contributed by atoms with E-state index in [4.69, 9.17) is 139 Å². The van der Waals surface area contributed by atoms with Crippen LogP contribution in [0.4, 0.5) is 0 Å². The summed E-state index contributed by atoms with van der Waals surface area (Å²) in [5, 5.41) is 32.0. The van der Waals surface area contributed by atoms with E-state index in [-0.39, 0.29) is 13.2 Å². The van der Waals surface area contributed by atoms with E-state index < -0.39 is 11.9 Å². The molecule has 0 amide bonds. The van der Waals surface area contributed by atoms with Gasteiger partial charge in [-0.05, 0) is 0 Å². The number of carboxylic acid groups (broad SMARTS) is 2. The number of ether oxygens (including phenoxy) is 23. The van der Waals surface area contributed by atoms with E-state index >= 15 is 0 Å². The van der Waals surface area contributed by atoms with Crippen LogP contribution in [-0.4, -0.2) is 349 Å². The van der Waals surface area contributed by atoms with Gasteiger partial charge < -0.3 is 129 Å². The first-order valence-corrected chi connectivity index (χ1v) is 27.8. The molecule has 29 heteroatoms. The summed E-state index contributed by atoms with van der Waals surface area (Å²) in [6, 6.07) is 0. The van der Waals surface area contributed by atoms with Crippen molar-refractivity contribution in [3.8, 4) is 0 Å². The van der Waals surface area contributed by atoms with Crippen molar-refractivity contribution in [3.63, 3.8) is 0 Å². The molecule has 0 bridgehead atoms. The van der Waals surface area contributed by atoms with E-state index in [0.29, 0.717) is 304 Å². The number of aliphatic hydroxyl groups is 2. The summed E-state index contributed by atoms with van der Waals surface area (Å²) in [7, 11) is 0. The third-order valence-electron chi connectivity index (χ3n) is 8.66. The molecule has 0 aliphatic rings. The van der Waals surface area contributed by atoms with Crippen LogP contribution in [-0.2, 0) is 119 Å². The van der Waals surface area contributed by atoms with Gasteiger partial charge in [0.25, 0.3) is 11.9 Å². The van der Waals surface area contributed by atoms with Gasteiger partial charge in [-0.1, -0.05) is 0 Å². The lowest BCUT2D eigenvalue weighted by molar-refractivity contribution is -0.135. The Morgan fingerprint density at radius 2 is 0.222 bits per heavy atom. The maximum atomic E-state index is 9.00. The number of carbonyl (C=O) groups is 2. The Kier molecular flexibility index (Phi) is 84.3. The van der Waals surface area contributed by atoms with Crippen LogP contribution in [0.1, 0.15) is 13.8 Å². The molecule has 0 unspecified atom stereocenters. The van der Waals surface area contributed by atoms with Crippen molar-refractivity contribution in [2.24, 2.45) is 0 Å². The SMILES string of the molecule is CC(=O)O.CC(=O)O.OCCOCCOCCOCCOCCOCCOCCOCCOCCOCCOCCOCCOCCOCCOCCOCCOCCOCCOCCOCCOCCOCCOCCOCCO. The van der Waals surface area contributed by atoms with Crippen LogP contribution in [0.25, 0.3) is 0 Å². The fourth-order valence-corrected chi connectivity index (χ4v) is 5.07. The van der Waals surface area contributed by atoms with E-state index in [9.17, 15) is 0 Å². The van der Waals surface area contributed by atoms with Crippen molar-refractivity contribution < 1.29 is 139 Å². The van der Waals surface area contributed by atoms with E-state index in [1.54, 1.807) is 0 Å². The quantitative estimate of drug-likeness (QED) is 0.0560. The smallest absolute Gasteiger partial charge is 0.300 e. The number of hydrogen-bond donors (Lipinski definition) is 4. The van der Waals surface area contributed by atoms with Crippen LogP contribution >= 0.6 is 0 Å². The number of aliphatic carboxylic acids is 2. The molecule has 488 valence electrons. The first-order chi connectivity index (χ1) is 39.9. The zero-order chi connectivity index (χ0) is 59.4. The molecule has 0 saturated carbocycles. The van der Waals surface area contributed by atoms with Crippen molar-refractivity contribution in [2.45, 2.75) is 13.8 Å². The fraction of sp³-hybridized carbons (Fsp3) is 0.962. The van der Waals surface area contributed by atoms with E-state index in [0.717, 1.165) is 13.8 Å². The monoisotopic (exact) mass is 1190 g/mol. The molecule has 0 aromatic carbocycles. The van der Waals surface area contributed by atoms with Gasteiger partial charge in [0.2, 0.25) is 0 Å². The molecule has 0 aromatic rings. The lowest BCUT2D eigenvalue weighted by atomic mass is 10.6. The summed E-state index contributed by atoms with van der Waals surface area (Å²) in [4.78, 5) is 18.0. The summed E-state index contributed by atoms with van der Waals surface area (Å²) in [5.41, 5.74) is 0. The van der Waals surface area contributed by atoms with E-state index in [1.165, 1.54) is 0 Å². The predicted octanol–water partition coefficient (Wildman–Crippen LogP) is -0.465. The minimum atomic E-state index is -0.833. The normalized spacial score (nSPS) is 11.2. The minimum absolute atomic E-state index is 0.0180. The van der Waals surface area contributed by atoms with Gasteiger partial charge in [0.1, 0.15) is 0 Å². The summed E-state index contributed by atoms with van der Waals surface area (Å²) in [5.74, 6) is -1.67. The second-order valence-electron chi connectivity index (χ2n) is 15.6. The minimum Gasteiger partial charge on any atom is -0.481 e. The number of aliphatic hydroxyl groups excluding tert-OH is 2. The third kappa shape index (κ3) is 97.4. The molecule has 4 N–H and O–H groups in total. The molecule has 0 radical (unpaired) electrons. The highest BCUT2D eigenvalue weighted by Gasteiger charge is 2.00. The molecule has 0 saturated heterocycles. The first kappa shape index (κ1) is 83.2. The second-order valence-corrected chi connectivity index (χ2v) is 15.6. The van der Waals surface area contributed by atoms with Crippen molar-refractivity contribution >= 4 is 11.9 Å². The predicted molar refractivity (Wildman–Crippen MR) is 290 cm³/mol. The summed E-state index contributed by atoms with van der Waals surface area (Å²) >= 11 is 0. The maximum Gasteiger partial charge on any atom is 0.300 e. The highest BCUT2D eigenvalue weighted by Crippen LogP contribution is 1.91. The molecular weight excluding hydrogens is 1090 g/mol. The van der Waals surface area contributed by atoms with Crippen LogP contribution in [0, 0.1) is 0 Å². The van der Waals surface area contributed by atoms with Crippen LogP contribution in [0.2, 0.25) is 0 Å². The zero-order valence-corrected chi connectivity index (χ0v) is 48.9. The molecule has 29 nitrogen and oxygen atoms in total. The lowest BCUT2D eigenvalue weighted by Crippen LogP contribution is -2.16. The van der Waals surface area contributed by atoms with Gasteiger partial charge in [-0.15, -0.1) is 0 Å². The molecule has 0 heterocycles. The maximum absolute atomic E-state index is 9.00. The van der Waals surface area contributed by atoms with Crippen LogP contribution in [0.5, 0.6) is 0 Å². The molecule has 0 atom stereocenters. The van der Waals surface area contributed by atoms with Crippen molar-refractivity contribution in [1.82, 2.24) is 0 Å². The average molecular weight is 1200 g/mol. The zero-order valence-electron chi connectivity index (χ0n) is 48.9. The molecule has 0 spiro atoms. The van der Waals surface area contributed by atoms with Crippen molar-refractivity contribution in [3.05, 3.63) is 0 Å². The Labute approximate surface area is 480 Å². The number of carboxylic acids is 2. The van der Waals surface area contributed by atoms with Crippen molar-refractivity contribution in [1.29, 1.82) is 0 Å². The van der Waals surface area contributed by atoms with E-state index in [2.05, 4.69) is 0 Å². The Morgan fingerprint density at radius 1 is 0.173 bits per heavy atom. The van der Waals surface area contributed by atoms with Gasteiger partial charge in [-0.2, -0.15) is 0 Å². The fourth-order valence-electron chi connectivity index (χ4n) is 5.07. The van der Waals surface area contributed by atoms with Crippen LogP contribution in [0.3, 0.4) is 0 Å². The topological polar surface area (TPSA) is 327 Å². The largest absolute Gasteiger partial charge is 0.481 e. The summed E-state index contributed by atoms with van der Waals surface area (Å²) < 4.78 is 125. The molecule has 0 aromatic heterocycles. The molecule has 0 rings (SSSR count). The van der Waals surface area contributed by atoms with Gasteiger partial charge in [0.05, 0.1) is 317 Å². The van der Waals surface area contributed by atoms with Gasteiger partial charge in [0.15, 0.2) is 0 Å². The van der Waals surface area contributed by atoms with Crippen molar-refractivity contribution in [2.75, 3.05) is 317 Å².